The Labute approximate surface area is 378 Å². The number of phenolic OH excluding ortho intramolecular Hbond substituents is 2. The number of amides is 2. The van der Waals surface area contributed by atoms with Crippen molar-refractivity contribution in [3.8, 4) is 34.5 Å². The molecule has 0 aliphatic carbocycles. The summed E-state index contributed by atoms with van der Waals surface area (Å²) >= 11 is 13.1. The van der Waals surface area contributed by atoms with Crippen LogP contribution in [0.3, 0.4) is 0 Å². The Balaban J connectivity index is 1.00. The van der Waals surface area contributed by atoms with Crippen molar-refractivity contribution in [2.75, 3.05) is 39.6 Å². The number of aromatic nitrogens is 4. The predicted molar refractivity (Wildman–Crippen MR) is 220 cm³/mol. The van der Waals surface area contributed by atoms with Crippen LogP contribution in [0, 0.1) is 0 Å². The number of nitrogen functional groups attached to an aromatic ring is 1. The van der Waals surface area contributed by atoms with Gasteiger partial charge in [0.2, 0.25) is 0 Å². The van der Waals surface area contributed by atoms with E-state index >= 15 is 0 Å². The van der Waals surface area contributed by atoms with E-state index in [1.807, 2.05) is 0 Å². The summed E-state index contributed by atoms with van der Waals surface area (Å²) in [7, 11) is -8.45. The Morgan fingerprint density at radius 3 is 2.20 bits per heavy atom. The smallest absolute Gasteiger partial charge is 0.481 e. The minimum absolute atomic E-state index is 0.000126. The number of methoxy groups -OCH3 is 2. The highest BCUT2D eigenvalue weighted by Crippen LogP contribution is 2.63. The standard InChI is InChI=1S/C36H33Cl2N7O19P2/c1-57-18-8-16-27(21(37)24(18)46)61-28-17(9-19(58-2)25(47)22(28)38)36(16)15-7-13(3-4-14(15)34(50)63-36)32(49)40-5-6-41-35(51)62-29-20(10-59-66(55,56)64-65(52,53)54)60-33(26(29)48)45-12-44-23-30(39)42-11-43-31(23)45/h3-4,7-9,11-12,20,26,29,33,46-48H,5-6,10H2,1-2H3,(H,40,49)(H,41,51)(H,55,56)(H2,39,42,43)(H2,52,53,54)/t20-,26-,29-,33-/m1/s1. The van der Waals surface area contributed by atoms with E-state index in [0.29, 0.717) is 0 Å². The first-order valence-electron chi connectivity index (χ1n) is 18.7. The third-order valence-electron chi connectivity index (χ3n) is 10.4. The van der Waals surface area contributed by atoms with Crippen LogP contribution in [0.4, 0.5) is 10.6 Å². The molecule has 0 radical (unpaired) electrons. The zero-order valence-electron chi connectivity index (χ0n) is 33.5. The van der Waals surface area contributed by atoms with Crippen molar-refractivity contribution >= 4 is 73.8 Å². The molecule has 66 heavy (non-hydrogen) atoms. The number of anilines is 1. The zero-order chi connectivity index (χ0) is 47.6. The van der Waals surface area contributed by atoms with Crippen molar-refractivity contribution in [1.29, 1.82) is 0 Å². The number of carbonyl (C=O) groups excluding carboxylic acids is 3. The molecule has 0 bridgehead atoms. The number of ether oxygens (including phenoxy) is 6. The number of nitrogens with zero attached hydrogens (tertiary/aromatic N) is 4. The number of phosphoric ester groups is 1. The number of hydrogen-bond acceptors (Lipinski definition) is 20. The van der Waals surface area contributed by atoms with Gasteiger partial charge in [-0.15, -0.1) is 0 Å². The second-order valence-corrected chi connectivity index (χ2v) is 17.8. The summed E-state index contributed by atoms with van der Waals surface area (Å²) in [5.74, 6) is -3.36. The van der Waals surface area contributed by atoms with E-state index in [1.165, 1.54) is 55.4 Å². The molecule has 30 heteroatoms. The van der Waals surface area contributed by atoms with E-state index in [2.05, 4.69) is 34.4 Å². The van der Waals surface area contributed by atoms with Crippen molar-refractivity contribution in [3.63, 3.8) is 0 Å². The largest absolute Gasteiger partial charge is 0.503 e. The minimum Gasteiger partial charge on any atom is -0.503 e. The van der Waals surface area contributed by atoms with Gasteiger partial charge in [-0.3, -0.25) is 13.9 Å². The van der Waals surface area contributed by atoms with Gasteiger partial charge in [0.05, 0.1) is 43.8 Å². The van der Waals surface area contributed by atoms with Crippen LogP contribution in [-0.4, -0.2) is 120 Å². The summed E-state index contributed by atoms with van der Waals surface area (Å²) in [5.41, 5.74) is 4.19. The number of benzene rings is 3. The number of halogens is 2. The maximum Gasteiger partial charge on any atom is 0.481 e. The van der Waals surface area contributed by atoms with E-state index < -0.39 is 81.9 Å². The number of fused-ring (bicyclic) bond motifs is 7. The normalized spacial score (nSPS) is 20.1. The number of aliphatic hydroxyl groups is 1. The highest BCUT2D eigenvalue weighted by Gasteiger charge is 2.56. The number of alkyl carbamates (subject to hydrolysis) is 1. The maximum atomic E-state index is 13.7. The van der Waals surface area contributed by atoms with Gasteiger partial charge in [-0.1, -0.05) is 23.2 Å². The van der Waals surface area contributed by atoms with Crippen LogP contribution in [0.5, 0.6) is 34.5 Å². The lowest BCUT2D eigenvalue weighted by Crippen LogP contribution is -2.42. The predicted octanol–water partition coefficient (Wildman–Crippen LogP) is 2.72. The molecular formula is C36H33Cl2N7O19P2. The van der Waals surface area contributed by atoms with E-state index in [9.17, 15) is 43.7 Å². The molecule has 10 N–H and O–H groups in total. The van der Waals surface area contributed by atoms with Gasteiger partial charge >= 0.3 is 27.7 Å². The molecule has 3 aliphatic heterocycles. The average Bonchev–Trinajstić information content (AvgIpc) is 3.92. The molecule has 1 unspecified atom stereocenters. The summed E-state index contributed by atoms with van der Waals surface area (Å²) in [5, 5.41) is 37.1. The molecule has 5 aromatic rings. The number of nitrogens with one attached hydrogen (secondary N) is 2. The molecule has 3 aromatic carbocycles. The number of phosphoric acid groups is 2. The molecule has 2 aromatic heterocycles. The number of rotatable bonds is 13. The monoisotopic (exact) mass is 999 g/mol. The topological polar surface area (TPSA) is 374 Å². The molecule has 1 fully saturated rings. The Hall–Kier alpha value is -6.02. The fraction of sp³-hybridized carbons (Fsp3) is 0.278. The van der Waals surface area contributed by atoms with Crippen LogP contribution in [-0.2, 0) is 37.8 Å². The van der Waals surface area contributed by atoms with E-state index in [1.54, 1.807) is 0 Å². The van der Waals surface area contributed by atoms with Crippen LogP contribution < -0.4 is 30.6 Å². The lowest BCUT2D eigenvalue weighted by molar-refractivity contribution is -0.0508. The van der Waals surface area contributed by atoms with Gasteiger partial charge in [0.1, 0.15) is 34.1 Å². The Bertz CT molecular complexity index is 2870. The van der Waals surface area contributed by atoms with E-state index in [4.69, 9.17) is 67.1 Å². The third kappa shape index (κ3) is 8.15. The SMILES string of the molecule is COc1cc2c(c(Cl)c1O)Oc1c(cc(OC)c(O)c1Cl)C21OC(=O)c2ccc(C(=O)NCCNC(=O)O[C@H]3[C@@H](O)[C@H](n4cnc5c(N)ncnc54)O[C@@H]3COP(=O)(O)OP(=O)(O)O)cc21. The molecule has 350 valence electrons. The Kier molecular flexibility index (Phi) is 12.2. The maximum absolute atomic E-state index is 13.7. The first-order valence-corrected chi connectivity index (χ1v) is 22.5. The van der Waals surface area contributed by atoms with Gasteiger partial charge in [0.25, 0.3) is 5.91 Å². The van der Waals surface area contributed by atoms with Crippen molar-refractivity contribution in [1.82, 2.24) is 30.2 Å². The van der Waals surface area contributed by atoms with Gasteiger partial charge in [-0.05, 0) is 30.3 Å². The second-order valence-electron chi connectivity index (χ2n) is 14.2. The molecule has 26 nitrogen and oxygen atoms in total. The van der Waals surface area contributed by atoms with E-state index in [-0.39, 0.29) is 90.9 Å². The number of hydrogen-bond donors (Lipinski definition) is 9. The van der Waals surface area contributed by atoms with Crippen molar-refractivity contribution < 1.29 is 90.8 Å². The number of carbonyl (C=O) groups is 3. The van der Waals surface area contributed by atoms with Crippen LogP contribution >= 0.6 is 38.8 Å². The highest BCUT2D eigenvalue weighted by molar-refractivity contribution is 7.60. The molecule has 5 heterocycles. The molecular weight excluding hydrogens is 967 g/mol. The van der Waals surface area contributed by atoms with Crippen LogP contribution in [0.15, 0.2) is 43.0 Å². The third-order valence-corrected chi connectivity index (χ3v) is 13.2. The summed E-state index contributed by atoms with van der Waals surface area (Å²) in [4.78, 5) is 80.2. The van der Waals surface area contributed by atoms with Gasteiger partial charge in [0.15, 0.2) is 63.9 Å². The lowest BCUT2D eigenvalue weighted by atomic mass is 9.77. The number of nitrogens with two attached hydrogens (primary N) is 1. The fourth-order valence-electron chi connectivity index (χ4n) is 7.50. The number of esters is 1. The Morgan fingerprint density at radius 2 is 1.58 bits per heavy atom. The second kappa shape index (κ2) is 17.3. The molecule has 2 amide bonds. The fourth-order valence-corrected chi connectivity index (χ4v) is 9.57. The number of aliphatic hydroxyl groups excluding tert-OH is 1. The minimum atomic E-state index is -5.52. The van der Waals surface area contributed by atoms with Crippen molar-refractivity contribution in [3.05, 3.63) is 80.8 Å². The molecule has 0 saturated carbocycles. The molecule has 5 atom stereocenters. The molecule has 1 spiro atoms. The lowest BCUT2D eigenvalue weighted by Gasteiger charge is -2.37. The van der Waals surface area contributed by atoms with Gasteiger partial charge in [-0.2, -0.15) is 4.31 Å². The zero-order valence-corrected chi connectivity index (χ0v) is 36.8. The van der Waals surface area contributed by atoms with Crippen molar-refractivity contribution in [2.24, 2.45) is 0 Å². The molecule has 3 aliphatic rings. The quantitative estimate of drug-likeness (QED) is 0.0465. The first-order chi connectivity index (χ1) is 31.2. The number of imidazole rings is 1. The number of phenols is 2. The summed E-state index contributed by atoms with van der Waals surface area (Å²) in [6, 6.07) is 6.63. The van der Waals surface area contributed by atoms with Gasteiger partial charge < -0.3 is 74.8 Å². The molecule has 1 saturated heterocycles. The van der Waals surface area contributed by atoms with Gasteiger partial charge in [0, 0.05) is 24.2 Å². The van der Waals surface area contributed by atoms with Crippen LogP contribution in [0.1, 0.15) is 43.6 Å². The summed E-state index contributed by atoms with van der Waals surface area (Å²) in [6.45, 7) is -1.58. The Morgan fingerprint density at radius 1 is 0.939 bits per heavy atom. The van der Waals surface area contributed by atoms with Crippen LogP contribution in [0.25, 0.3) is 11.2 Å². The number of aromatic hydroxyl groups is 2. The molecule has 8 rings (SSSR count). The first kappa shape index (κ1) is 46.5. The summed E-state index contributed by atoms with van der Waals surface area (Å²) in [6.07, 6.45) is -5.44. The van der Waals surface area contributed by atoms with E-state index in [0.717, 1.165) is 6.33 Å². The van der Waals surface area contributed by atoms with Crippen LogP contribution in [0.2, 0.25) is 10.0 Å². The van der Waals surface area contributed by atoms with Crippen molar-refractivity contribution in [2.45, 2.75) is 30.1 Å². The summed E-state index contributed by atoms with van der Waals surface area (Å²) < 4.78 is 67.1. The average molecular weight is 1000 g/mol. The highest BCUT2D eigenvalue weighted by atomic mass is 35.5. The van der Waals surface area contributed by atoms with Gasteiger partial charge in [-0.25, -0.2) is 33.7 Å².